The summed E-state index contributed by atoms with van der Waals surface area (Å²) in [7, 11) is 0. The molecule has 1 aliphatic rings. The van der Waals surface area contributed by atoms with Crippen LogP contribution in [-0.4, -0.2) is 17.2 Å². The van der Waals surface area contributed by atoms with Crippen LogP contribution in [-0.2, 0) is 16.1 Å². The summed E-state index contributed by atoms with van der Waals surface area (Å²) in [5, 5.41) is 8.55. The quantitative estimate of drug-likeness (QED) is 0.834. The van der Waals surface area contributed by atoms with Gasteiger partial charge in [-0.15, -0.1) is 0 Å². The van der Waals surface area contributed by atoms with Crippen LogP contribution < -0.4 is 0 Å². The van der Waals surface area contributed by atoms with Crippen molar-refractivity contribution in [1.29, 1.82) is 0 Å². The molecule has 1 aromatic carbocycles. The molecule has 1 N–H and O–H groups in total. The molecule has 0 aromatic heterocycles. The number of benzene rings is 1. The maximum absolute atomic E-state index is 13.9. The van der Waals surface area contributed by atoms with E-state index in [1.807, 2.05) is 0 Å². The van der Waals surface area contributed by atoms with Crippen LogP contribution in [0.3, 0.4) is 0 Å². The number of carboxylic acid groups (broad SMARTS) is 1. The molecule has 2 atom stereocenters. The van der Waals surface area contributed by atoms with Gasteiger partial charge >= 0.3 is 5.97 Å². The lowest BCUT2D eigenvalue weighted by atomic mass is 9.89. The predicted molar refractivity (Wildman–Crippen MR) is 79.3 cm³/mol. The monoisotopic (exact) mass is 292 g/mol. The smallest absolute Gasteiger partial charge is 0.328 e. The SMILES string of the molecule is CC1CCCC(OCc2ccc(C=CC(=O)O)cc2F)C1. The van der Waals surface area contributed by atoms with E-state index in [0.717, 1.165) is 18.9 Å². The molecule has 1 aliphatic carbocycles. The Balaban J connectivity index is 1.93. The van der Waals surface area contributed by atoms with E-state index in [9.17, 15) is 9.18 Å². The topological polar surface area (TPSA) is 46.5 Å². The molecule has 0 bridgehead atoms. The van der Waals surface area contributed by atoms with E-state index >= 15 is 0 Å². The van der Waals surface area contributed by atoms with Crippen LogP contribution >= 0.6 is 0 Å². The van der Waals surface area contributed by atoms with Crippen molar-refractivity contribution < 1.29 is 19.0 Å². The third-order valence-electron chi connectivity index (χ3n) is 3.86. The van der Waals surface area contributed by atoms with E-state index in [-0.39, 0.29) is 18.5 Å². The van der Waals surface area contributed by atoms with Gasteiger partial charge in [0.15, 0.2) is 0 Å². The van der Waals surface area contributed by atoms with Gasteiger partial charge in [0.05, 0.1) is 12.7 Å². The van der Waals surface area contributed by atoms with Crippen molar-refractivity contribution in [1.82, 2.24) is 0 Å². The number of carboxylic acids is 1. The third kappa shape index (κ3) is 4.97. The third-order valence-corrected chi connectivity index (χ3v) is 3.86. The van der Waals surface area contributed by atoms with Gasteiger partial charge in [0.1, 0.15) is 5.82 Å². The second-order valence-corrected chi connectivity index (χ2v) is 5.73. The van der Waals surface area contributed by atoms with E-state index in [4.69, 9.17) is 9.84 Å². The number of halogens is 1. The lowest BCUT2D eigenvalue weighted by Crippen LogP contribution is -2.21. The molecular formula is C17H21FO3. The van der Waals surface area contributed by atoms with Crippen molar-refractivity contribution in [3.05, 3.63) is 41.2 Å². The fourth-order valence-electron chi connectivity index (χ4n) is 2.69. The molecule has 2 unspecified atom stereocenters. The molecule has 2 rings (SSSR count). The maximum Gasteiger partial charge on any atom is 0.328 e. The molecular weight excluding hydrogens is 271 g/mol. The highest BCUT2D eigenvalue weighted by Crippen LogP contribution is 2.26. The molecule has 1 fully saturated rings. The van der Waals surface area contributed by atoms with Crippen molar-refractivity contribution in [2.24, 2.45) is 5.92 Å². The minimum atomic E-state index is -1.05. The van der Waals surface area contributed by atoms with Gasteiger partial charge in [-0.2, -0.15) is 0 Å². The highest BCUT2D eigenvalue weighted by atomic mass is 19.1. The predicted octanol–water partition coefficient (Wildman–Crippen LogP) is 4.02. The van der Waals surface area contributed by atoms with Gasteiger partial charge in [-0.3, -0.25) is 0 Å². The van der Waals surface area contributed by atoms with E-state index in [1.165, 1.54) is 25.0 Å². The van der Waals surface area contributed by atoms with Gasteiger partial charge < -0.3 is 9.84 Å². The molecule has 3 nitrogen and oxygen atoms in total. The van der Waals surface area contributed by atoms with Gasteiger partial charge in [-0.25, -0.2) is 9.18 Å². The van der Waals surface area contributed by atoms with Crippen LogP contribution in [0.5, 0.6) is 0 Å². The van der Waals surface area contributed by atoms with Crippen LogP contribution in [0.15, 0.2) is 24.3 Å². The number of rotatable bonds is 5. The van der Waals surface area contributed by atoms with E-state index in [0.29, 0.717) is 17.0 Å². The zero-order valence-electron chi connectivity index (χ0n) is 12.2. The van der Waals surface area contributed by atoms with Crippen molar-refractivity contribution in [3.8, 4) is 0 Å². The molecule has 0 saturated heterocycles. The standard InChI is InChI=1S/C17H21FO3/c1-12-3-2-4-15(9-12)21-11-14-7-5-13(10-16(14)18)6-8-17(19)20/h5-8,10,12,15H,2-4,9,11H2,1H3,(H,19,20). The molecule has 4 heteroatoms. The van der Waals surface area contributed by atoms with Crippen molar-refractivity contribution in [2.75, 3.05) is 0 Å². The first-order valence-electron chi connectivity index (χ1n) is 7.35. The van der Waals surface area contributed by atoms with Gasteiger partial charge in [0, 0.05) is 11.6 Å². The molecule has 114 valence electrons. The molecule has 0 heterocycles. The average Bonchev–Trinajstić information content (AvgIpc) is 2.44. The Labute approximate surface area is 124 Å². The molecule has 21 heavy (non-hydrogen) atoms. The molecule has 1 aromatic rings. The zero-order valence-corrected chi connectivity index (χ0v) is 12.2. The van der Waals surface area contributed by atoms with Gasteiger partial charge in [0.2, 0.25) is 0 Å². The van der Waals surface area contributed by atoms with Crippen molar-refractivity contribution in [3.63, 3.8) is 0 Å². The number of hydrogen-bond acceptors (Lipinski definition) is 2. The number of ether oxygens (including phenoxy) is 1. The Kier molecular flexibility index (Phi) is 5.51. The maximum atomic E-state index is 13.9. The number of carbonyl (C=O) groups is 1. The Morgan fingerprint density at radius 1 is 1.48 bits per heavy atom. The first kappa shape index (κ1) is 15.7. The molecule has 0 radical (unpaired) electrons. The summed E-state index contributed by atoms with van der Waals surface area (Å²) in [6.45, 7) is 2.49. The summed E-state index contributed by atoms with van der Waals surface area (Å²) in [5.74, 6) is -0.724. The second kappa shape index (κ2) is 7.36. The number of aliphatic carboxylic acids is 1. The Bertz CT molecular complexity index is 525. The van der Waals surface area contributed by atoms with Crippen LogP contribution in [0.1, 0.15) is 43.7 Å². The van der Waals surface area contributed by atoms with Crippen LogP contribution in [0, 0.1) is 11.7 Å². The van der Waals surface area contributed by atoms with Crippen LogP contribution in [0.4, 0.5) is 4.39 Å². The Hall–Kier alpha value is -1.68. The summed E-state index contributed by atoms with van der Waals surface area (Å²) in [4.78, 5) is 10.4. The summed E-state index contributed by atoms with van der Waals surface area (Å²) >= 11 is 0. The highest BCUT2D eigenvalue weighted by molar-refractivity contribution is 5.85. The van der Waals surface area contributed by atoms with Crippen molar-refractivity contribution >= 4 is 12.0 Å². The number of hydrogen-bond donors (Lipinski definition) is 1. The Morgan fingerprint density at radius 3 is 2.95 bits per heavy atom. The average molecular weight is 292 g/mol. The zero-order chi connectivity index (χ0) is 15.2. The van der Waals surface area contributed by atoms with E-state index < -0.39 is 5.97 Å². The molecule has 0 amide bonds. The van der Waals surface area contributed by atoms with Gasteiger partial charge in [-0.1, -0.05) is 31.9 Å². The molecule has 1 saturated carbocycles. The molecule has 0 aliphatic heterocycles. The largest absolute Gasteiger partial charge is 0.478 e. The first-order valence-corrected chi connectivity index (χ1v) is 7.35. The Morgan fingerprint density at radius 2 is 2.29 bits per heavy atom. The summed E-state index contributed by atoms with van der Waals surface area (Å²) in [6.07, 6.45) is 7.10. The minimum absolute atomic E-state index is 0.222. The lowest BCUT2D eigenvalue weighted by molar-refractivity contribution is -0.131. The van der Waals surface area contributed by atoms with Gasteiger partial charge in [-0.05, 0) is 36.5 Å². The lowest BCUT2D eigenvalue weighted by Gasteiger charge is -2.26. The fourth-order valence-corrected chi connectivity index (χ4v) is 2.69. The van der Waals surface area contributed by atoms with Gasteiger partial charge in [0.25, 0.3) is 0 Å². The van der Waals surface area contributed by atoms with Crippen LogP contribution in [0.2, 0.25) is 0 Å². The normalized spacial score (nSPS) is 22.6. The molecule has 0 spiro atoms. The summed E-state index contributed by atoms with van der Waals surface area (Å²) in [6, 6.07) is 4.69. The van der Waals surface area contributed by atoms with E-state index in [2.05, 4.69) is 6.92 Å². The van der Waals surface area contributed by atoms with Crippen LogP contribution in [0.25, 0.3) is 6.08 Å². The minimum Gasteiger partial charge on any atom is -0.478 e. The van der Waals surface area contributed by atoms with E-state index in [1.54, 1.807) is 12.1 Å². The second-order valence-electron chi connectivity index (χ2n) is 5.73. The first-order chi connectivity index (χ1) is 10.0. The highest BCUT2D eigenvalue weighted by Gasteiger charge is 2.19. The fraction of sp³-hybridized carbons (Fsp3) is 0.471. The summed E-state index contributed by atoms with van der Waals surface area (Å²) in [5.41, 5.74) is 1.05. The summed E-state index contributed by atoms with van der Waals surface area (Å²) < 4.78 is 19.8. The van der Waals surface area contributed by atoms with Crippen molar-refractivity contribution in [2.45, 2.75) is 45.3 Å².